The summed E-state index contributed by atoms with van der Waals surface area (Å²) in [5, 5.41) is 9.96. The van der Waals surface area contributed by atoms with Gasteiger partial charge in [-0.15, -0.1) is 6.58 Å². The lowest BCUT2D eigenvalue weighted by Crippen LogP contribution is -2.34. The van der Waals surface area contributed by atoms with Crippen LogP contribution >= 0.6 is 0 Å². The van der Waals surface area contributed by atoms with Crippen LogP contribution in [0.4, 0.5) is 10.1 Å². The van der Waals surface area contributed by atoms with Gasteiger partial charge < -0.3 is 9.30 Å². The van der Waals surface area contributed by atoms with Crippen LogP contribution in [0, 0.1) is 23.1 Å². The SMILES string of the molecule is C=CC[C@H]1CCN(S(=O)(=O)Nc2ccc(F)c(Oc3ccc4ncn(C)c(=O)c4c3)c2C#N)C1. The number of anilines is 1. The molecular formula is C23H22FN5O4S. The van der Waals surface area contributed by atoms with Gasteiger partial charge in [0, 0.05) is 20.1 Å². The molecular weight excluding hydrogens is 461 g/mol. The Hall–Kier alpha value is -3.75. The molecule has 11 heteroatoms. The normalized spacial score (nSPS) is 16.3. The van der Waals surface area contributed by atoms with Crippen LogP contribution < -0.4 is 15.0 Å². The van der Waals surface area contributed by atoms with Crippen LogP contribution in [0.1, 0.15) is 18.4 Å². The predicted molar refractivity (Wildman–Crippen MR) is 125 cm³/mol. The molecule has 1 saturated heterocycles. The molecule has 4 rings (SSSR count). The van der Waals surface area contributed by atoms with Gasteiger partial charge in [0.05, 0.1) is 22.9 Å². The third-order valence-electron chi connectivity index (χ3n) is 5.66. The van der Waals surface area contributed by atoms with E-state index in [1.54, 1.807) is 13.1 Å². The molecule has 0 bridgehead atoms. The number of hydrogen-bond acceptors (Lipinski definition) is 6. The third kappa shape index (κ3) is 4.50. The molecule has 1 aliphatic rings. The van der Waals surface area contributed by atoms with Crippen molar-refractivity contribution in [1.82, 2.24) is 13.9 Å². The zero-order valence-corrected chi connectivity index (χ0v) is 19.2. The fraction of sp³-hybridized carbons (Fsp3) is 0.261. The van der Waals surface area contributed by atoms with E-state index in [2.05, 4.69) is 16.3 Å². The Morgan fingerprint density at radius 2 is 2.18 bits per heavy atom. The Balaban J connectivity index is 1.66. The topological polar surface area (TPSA) is 117 Å². The minimum Gasteiger partial charge on any atom is -0.453 e. The Morgan fingerprint density at radius 3 is 2.91 bits per heavy atom. The smallest absolute Gasteiger partial charge is 0.301 e. The highest BCUT2D eigenvalue weighted by atomic mass is 32.2. The Labute approximate surface area is 195 Å². The largest absolute Gasteiger partial charge is 0.453 e. The fourth-order valence-electron chi connectivity index (χ4n) is 3.87. The van der Waals surface area contributed by atoms with E-state index < -0.39 is 21.8 Å². The van der Waals surface area contributed by atoms with Crippen LogP contribution in [0.3, 0.4) is 0 Å². The van der Waals surface area contributed by atoms with Crippen LogP contribution in [0.15, 0.2) is 54.1 Å². The maximum Gasteiger partial charge on any atom is 0.301 e. The van der Waals surface area contributed by atoms with E-state index in [9.17, 15) is 22.9 Å². The first-order valence-electron chi connectivity index (χ1n) is 10.5. The second kappa shape index (κ2) is 9.24. The number of ether oxygens (including phenoxy) is 1. The number of aryl methyl sites for hydroxylation is 1. The number of nitriles is 1. The molecule has 3 aromatic rings. The zero-order chi connectivity index (χ0) is 24.5. The minimum absolute atomic E-state index is 0.0971. The standard InChI is InChI=1S/C23H22FN5O4S/c1-3-4-15-9-10-29(13-15)34(31,32)27-21-8-6-19(24)22(18(21)12-25)33-16-5-7-20-17(11-16)23(30)28(2)14-26-20/h3,5-8,11,14-15,27H,1,4,9-10,13H2,2H3/t15-/m0/s1. The highest BCUT2D eigenvalue weighted by molar-refractivity contribution is 7.90. The van der Waals surface area contributed by atoms with Gasteiger partial charge in [-0.3, -0.25) is 9.52 Å². The second-order valence-electron chi connectivity index (χ2n) is 8.00. The summed E-state index contributed by atoms with van der Waals surface area (Å²) in [4.78, 5) is 16.5. The number of nitrogens with zero attached hydrogens (tertiary/aromatic N) is 4. The van der Waals surface area contributed by atoms with Crippen molar-refractivity contribution in [2.45, 2.75) is 12.8 Å². The maximum atomic E-state index is 14.7. The van der Waals surface area contributed by atoms with Crippen molar-refractivity contribution in [3.05, 3.63) is 71.0 Å². The van der Waals surface area contributed by atoms with E-state index in [0.717, 1.165) is 6.07 Å². The highest BCUT2D eigenvalue weighted by Gasteiger charge is 2.31. The molecule has 2 aromatic carbocycles. The summed E-state index contributed by atoms with van der Waals surface area (Å²) < 4.78 is 51.1. The second-order valence-corrected chi connectivity index (χ2v) is 9.67. The lowest BCUT2D eigenvalue weighted by Gasteiger charge is -2.19. The van der Waals surface area contributed by atoms with Gasteiger partial charge >= 0.3 is 10.2 Å². The first-order valence-corrected chi connectivity index (χ1v) is 11.9. The van der Waals surface area contributed by atoms with E-state index in [1.165, 1.54) is 39.5 Å². The highest BCUT2D eigenvalue weighted by Crippen LogP contribution is 2.34. The molecule has 1 N–H and O–H groups in total. The van der Waals surface area contributed by atoms with Crippen molar-refractivity contribution in [3.63, 3.8) is 0 Å². The molecule has 0 aliphatic carbocycles. The van der Waals surface area contributed by atoms with Crippen molar-refractivity contribution < 1.29 is 17.5 Å². The van der Waals surface area contributed by atoms with Crippen molar-refractivity contribution in [2.24, 2.45) is 13.0 Å². The summed E-state index contributed by atoms with van der Waals surface area (Å²) in [5.41, 5.74) is -0.314. The minimum atomic E-state index is -3.97. The molecule has 0 saturated carbocycles. The lowest BCUT2D eigenvalue weighted by molar-refractivity contribution is 0.441. The first kappa shape index (κ1) is 23.4. The van der Waals surface area contributed by atoms with Crippen molar-refractivity contribution in [2.75, 3.05) is 17.8 Å². The van der Waals surface area contributed by atoms with Crippen LogP contribution in [0.2, 0.25) is 0 Å². The van der Waals surface area contributed by atoms with Crippen LogP contribution in [0.5, 0.6) is 11.5 Å². The van der Waals surface area contributed by atoms with Crippen molar-refractivity contribution in [3.8, 4) is 17.6 Å². The molecule has 1 fully saturated rings. The van der Waals surface area contributed by atoms with Gasteiger partial charge in [-0.1, -0.05) is 6.08 Å². The van der Waals surface area contributed by atoms with Gasteiger partial charge in [-0.2, -0.15) is 18.0 Å². The van der Waals surface area contributed by atoms with E-state index in [0.29, 0.717) is 31.4 Å². The number of rotatable bonds is 7. The number of aromatic nitrogens is 2. The number of hydrogen-bond donors (Lipinski definition) is 1. The van der Waals surface area contributed by atoms with Gasteiger partial charge in [-0.05, 0) is 49.1 Å². The summed E-state index contributed by atoms with van der Waals surface area (Å²) >= 11 is 0. The molecule has 0 amide bonds. The van der Waals surface area contributed by atoms with E-state index in [4.69, 9.17) is 4.74 Å². The molecule has 0 unspecified atom stereocenters. The van der Waals surface area contributed by atoms with Gasteiger partial charge in [-0.25, -0.2) is 9.37 Å². The van der Waals surface area contributed by atoms with Crippen LogP contribution in [0.25, 0.3) is 10.9 Å². The predicted octanol–water partition coefficient (Wildman–Crippen LogP) is 3.29. The van der Waals surface area contributed by atoms with Gasteiger partial charge in [0.25, 0.3) is 5.56 Å². The molecule has 1 aromatic heterocycles. The monoisotopic (exact) mass is 483 g/mol. The Bertz CT molecular complexity index is 1480. The number of allylic oxidation sites excluding steroid dienone is 1. The number of nitrogens with one attached hydrogen (secondary N) is 1. The molecule has 0 radical (unpaired) electrons. The van der Waals surface area contributed by atoms with Crippen LogP contribution in [-0.4, -0.2) is 35.4 Å². The maximum absolute atomic E-state index is 14.7. The van der Waals surface area contributed by atoms with E-state index in [1.807, 2.05) is 6.07 Å². The number of fused-ring (bicyclic) bond motifs is 1. The summed E-state index contributed by atoms with van der Waals surface area (Å²) in [5.74, 6) is -1.04. The lowest BCUT2D eigenvalue weighted by atomic mass is 10.1. The average Bonchev–Trinajstić information content (AvgIpc) is 3.29. The number of benzene rings is 2. The van der Waals surface area contributed by atoms with Gasteiger partial charge in [0.1, 0.15) is 17.4 Å². The summed E-state index contributed by atoms with van der Waals surface area (Å²) in [7, 11) is -2.42. The quantitative estimate of drug-likeness (QED) is 0.516. The van der Waals surface area contributed by atoms with Gasteiger partial charge in [0.15, 0.2) is 11.6 Å². The van der Waals surface area contributed by atoms with Crippen molar-refractivity contribution in [1.29, 1.82) is 5.26 Å². The molecule has 34 heavy (non-hydrogen) atoms. The summed E-state index contributed by atoms with van der Waals surface area (Å²) in [6.45, 7) is 4.35. The first-order chi connectivity index (χ1) is 16.2. The molecule has 1 atom stereocenters. The van der Waals surface area contributed by atoms with Crippen LogP contribution in [-0.2, 0) is 17.3 Å². The summed E-state index contributed by atoms with van der Waals surface area (Å²) in [6.07, 6.45) is 4.54. The fourth-order valence-corrected chi connectivity index (χ4v) is 5.20. The average molecular weight is 484 g/mol. The van der Waals surface area contributed by atoms with E-state index >= 15 is 0 Å². The molecule has 1 aliphatic heterocycles. The zero-order valence-electron chi connectivity index (χ0n) is 18.4. The van der Waals surface area contributed by atoms with Gasteiger partial charge in [0.2, 0.25) is 0 Å². The number of halogens is 1. The van der Waals surface area contributed by atoms with Crippen molar-refractivity contribution >= 4 is 26.8 Å². The Morgan fingerprint density at radius 1 is 1.38 bits per heavy atom. The Kier molecular flexibility index (Phi) is 6.37. The molecule has 0 spiro atoms. The van der Waals surface area contributed by atoms with E-state index in [-0.39, 0.29) is 33.9 Å². The molecule has 9 nitrogen and oxygen atoms in total. The summed E-state index contributed by atoms with van der Waals surface area (Å²) in [6, 6.07) is 8.43. The molecule has 2 heterocycles. The third-order valence-corrected chi connectivity index (χ3v) is 7.15. The molecule has 176 valence electrons.